The molecule has 0 spiro atoms. The summed E-state index contributed by atoms with van der Waals surface area (Å²) in [7, 11) is 4.73. The highest BCUT2D eigenvalue weighted by Gasteiger charge is 2.24. The molecule has 1 saturated heterocycles. The Balaban J connectivity index is 2.87. The summed E-state index contributed by atoms with van der Waals surface area (Å²) in [6.45, 7) is 6.82. The molecule has 10 nitrogen and oxygen atoms in total. The number of methoxy groups -OCH3 is 2. The van der Waals surface area contributed by atoms with Crippen molar-refractivity contribution in [1.29, 1.82) is 0 Å². The molecule has 1 fully saturated rings. The van der Waals surface area contributed by atoms with Gasteiger partial charge >= 0.3 is 17.9 Å². The summed E-state index contributed by atoms with van der Waals surface area (Å²) in [5.41, 5.74) is 0. The number of rotatable bonds is 6. The average Bonchev–Trinajstić information content (AvgIpc) is 2.66. The second-order valence-corrected chi connectivity index (χ2v) is 7.06. The summed E-state index contributed by atoms with van der Waals surface area (Å²) in [5.74, 6) is -1.51. The van der Waals surface area contributed by atoms with Gasteiger partial charge in [0.25, 0.3) is 0 Å². The molecule has 1 aliphatic rings. The lowest BCUT2D eigenvalue weighted by Crippen LogP contribution is -2.50. The van der Waals surface area contributed by atoms with Crippen molar-refractivity contribution in [2.75, 3.05) is 86.7 Å². The van der Waals surface area contributed by atoms with Crippen molar-refractivity contribution in [2.24, 2.45) is 0 Å². The molecular weight excluding hydrogens is 368 g/mol. The number of hydrogen-bond donors (Lipinski definition) is 1. The Morgan fingerprint density at radius 3 is 1.93 bits per heavy atom. The summed E-state index contributed by atoms with van der Waals surface area (Å²) < 4.78 is 9.63. The average molecular weight is 402 g/mol. The smallest absolute Gasteiger partial charge is 0.322 e. The fourth-order valence-electron chi connectivity index (χ4n) is 3.07. The Bertz CT molecular complexity index is 518. The second-order valence-electron chi connectivity index (χ2n) is 7.06. The Labute approximate surface area is 166 Å². The van der Waals surface area contributed by atoms with Gasteiger partial charge in [0.15, 0.2) is 0 Å². The van der Waals surface area contributed by atoms with Gasteiger partial charge in [-0.3, -0.25) is 29.1 Å². The normalized spacial score (nSPS) is 20.6. The van der Waals surface area contributed by atoms with Crippen LogP contribution in [0.15, 0.2) is 0 Å². The lowest BCUT2D eigenvalue weighted by molar-refractivity contribution is -0.147. The van der Waals surface area contributed by atoms with Crippen LogP contribution >= 0.6 is 0 Å². The van der Waals surface area contributed by atoms with Gasteiger partial charge in [-0.05, 0) is 14.0 Å². The molecule has 1 heterocycles. The minimum Gasteiger partial charge on any atom is -0.480 e. The number of carboxylic acids is 1. The van der Waals surface area contributed by atoms with Gasteiger partial charge in [0.2, 0.25) is 0 Å². The number of carboxylic acid groups (broad SMARTS) is 1. The van der Waals surface area contributed by atoms with Crippen molar-refractivity contribution in [1.82, 2.24) is 19.6 Å². The molecule has 10 heteroatoms. The molecule has 0 aromatic rings. The fraction of sp³-hybridized carbons (Fsp3) is 0.833. The molecule has 162 valence electrons. The molecule has 1 atom stereocenters. The molecule has 1 N–H and O–H groups in total. The zero-order valence-electron chi connectivity index (χ0n) is 17.4. The number of likely N-dealkylation sites (N-methyl/N-ethyl adjacent to an activating group) is 1. The van der Waals surface area contributed by atoms with Crippen LogP contribution < -0.4 is 0 Å². The Kier molecular flexibility index (Phi) is 11.0. The number of carbonyl (C=O) groups is 3. The fourth-order valence-corrected chi connectivity index (χ4v) is 3.07. The van der Waals surface area contributed by atoms with Crippen LogP contribution in [0.5, 0.6) is 0 Å². The van der Waals surface area contributed by atoms with E-state index in [2.05, 4.69) is 4.90 Å². The molecular formula is C18H34N4O6. The van der Waals surface area contributed by atoms with Crippen molar-refractivity contribution in [3.63, 3.8) is 0 Å². The van der Waals surface area contributed by atoms with Crippen molar-refractivity contribution in [3.8, 4) is 0 Å². The predicted octanol–water partition coefficient (Wildman–Crippen LogP) is -1.34. The number of aliphatic carboxylic acids is 1. The third-order valence-corrected chi connectivity index (χ3v) is 5.03. The minimum absolute atomic E-state index is 0.0909. The topological polar surface area (TPSA) is 103 Å². The Morgan fingerprint density at radius 2 is 1.36 bits per heavy atom. The van der Waals surface area contributed by atoms with Crippen molar-refractivity contribution in [2.45, 2.75) is 13.0 Å². The summed E-state index contributed by atoms with van der Waals surface area (Å²) in [6.07, 6.45) is 0. The van der Waals surface area contributed by atoms with Crippen LogP contribution in [0.4, 0.5) is 0 Å². The lowest BCUT2D eigenvalue weighted by Gasteiger charge is -2.34. The van der Waals surface area contributed by atoms with Crippen molar-refractivity contribution >= 4 is 17.9 Å². The third-order valence-electron chi connectivity index (χ3n) is 5.03. The molecule has 0 aromatic heterocycles. The van der Waals surface area contributed by atoms with Crippen LogP contribution in [0, 0.1) is 0 Å². The molecule has 0 bridgehead atoms. The number of ether oxygens (including phenoxy) is 2. The standard InChI is InChI=1S/C18H34N4O6/c1-15(18(26)28-4)22-11-6-19(2)5-7-21(14-17(25)27-3)9-8-20(10-12-22)13-16(23)24/h15H,5-14H2,1-4H3,(H,23,24)/t15-/m0/s1. The predicted molar refractivity (Wildman–Crippen MR) is 103 cm³/mol. The van der Waals surface area contributed by atoms with Gasteiger partial charge in [0.05, 0.1) is 27.3 Å². The van der Waals surface area contributed by atoms with Crippen LogP contribution in [0.1, 0.15) is 6.92 Å². The summed E-state index contributed by atoms with van der Waals surface area (Å²) in [6, 6.07) is -0.399. The van der Waals surface area contributed by atoms with Gasteiger partial charge in [0.1, 0.15) is 6.04 Å². The number of nitrogens with zero attached hydrogens (tertiary/aromatic N) is 4. The van der Waals surface area contributed by atoms with E-state index in [9.17, 15) is 19.5 Å². The first-order valence-electron chi connectivity index (χ1n) is 9.50. The first-order valence-corrected chi connectivity index (χ1v) is 9.50. The van der Waals surface area contributed by atoms with Gasteiger partial charge in [-0.25, -0.2) is 0 Å². The van der Waals surface area contributed by atoms with E-state index in [1.807, 2.05) is 21.7 Å². The zero-order valence-corrected chi connectivity index (χ0v) is 17.4. The van der Waals surface area contributed by atoms with Gasteiger partial charge in [-0.2, -0.15) is 0 Å². The van der Waals surface area contributed by atoms with E-state index >= 15 is 0 Å². The van der Waals surface area contributed by atoms with Gasteiger partial charge in [-0.1, -0.05) is 0 Å². The van der Waals surface area contributed by atoms with E-state index in [1.54, 1.807) is 6.92 Å². The maximum Gasteiger partial charge on any atom is 0.322 e. The zero-order chi connectivity index (χ0) is 21.1. The van der Waals surface area contributed by atoms with Gasteiger partial charge < -0.3 is 19.5 Å². The SMILES string of the molecule is COC(=O)CN1CCN(C)CCN([C@@H](C)C(=O)OC)CCN(CC(=O)O)CC1. The molecule has 28 heavy (non-hydrogen) atoms. The number of esters is 2. The monoisotopic (exact) mass is 402 g/mol. The first-order chi connectivity index (χ1) is 13.3. The lowest BCUT2D eigenvalue weighted by atomic mass is 10.2. The molecule has 0 aliphatic carbocycles. The Hall–Kier alpha value is -1.75. The van der Waals surface area contributed by atoms with Crippen LogP contribution in [0.25, 0.3) is 0 Å². The summed E-state index contributed by atoms with van der Waals surface area (Å²) in [4.78, 5) is 42.9. The van der Waals surface area contributed by atoms with Crippen LogP contribution in [0.3, 0.4) is 0 Å². The molecule has 0 aromatic carbocycles. The largest absolute Gasteiger partial charge is 0.480 e. The second kappa shape index (κ2) is 12.7. The third kappa shape index (κ3) is 8.96. The van der Waals surface area contributed by atoms with E-state index in [-0.39, 0.29) is 25.0 Å². The van der Waals surface area contributed by atoms with Crippen LogP contribution in [0.2, 0.25) is 0 Å². The van der Waals surface area contributed by atoms with E-state index < -0.39 is 12.0 Å². The molecule has 1 aliphatic heterocycles. The van der Waals surface area contributed by atoms with Gasteiger partial charge in [-0.15, -0.1) is 0 Å². The Morgan fingerprint density at radius 1 is 0.857 bits per heavy atom. The molecule has 0 amide bonds. The highest BCUT2D eigenvalue weighted by molar-refractivity contribution is 5.75. The highest BCUT2D eigenvalue weighted by atomic mass is 16.5. The minimum atomic E-state index is -0.904. The first kappa shape index (κ1) is 24.3. The quantitative estimate of drug-likeness (QED) is 0.537. The summed E-state index contributed by atoms with van der Waals surface area (Å²) in [5, 5.41) is 9.22. The molecule has 0 saturated carbocycles. The summed E-state index contributed by atoms with van der Waals surface area (Å²) >= 11 is 0. The maximum absolute atomic E-state index is 12.0. The van der Waals surface area contributed by atoms with Gasteiger partial charge in [0, 0.05) is 52.4 Å². The van der Waals surface area contributed by atoms with E-state index in [0.717, 1.165) is 13.1 Å². The maximum atomic E-state index is 12.0. The number of hydrogen-bond acceptors (Lipinski definition) is 9. The van der Waals surface area contributed by atoms with E-state index in [0.29, 0.717) is 39.3 Å². The highest BCUT2D eigenvalue weighted by Crippen LogP contribution is 2.05. The van der Waals surface area contributed by atoms with Crippen molar-refractivity contribution < 1.29 is 29.0 Å². The van der Waals surface area contributed by atoms with Crippen molar-refractivity contribution in [3.05, 3.63) is 0 Å². The van der Waals surface area contributed by atoms with Crippen LogP contribution in [-0.2, 0) is 23.9 Å². The van der Waals surface area contributed by atoms with E-state index in [4.69, 9.17) is 9.47 Å². The molecule has 0 radical (unpaired) electrons. The van der Waals surface area contributed by atoms with Crippen LogP contribution in [-0.4, -0.2) is 135 Å². The molecule has 0 unspecified atom stereocenters. The van der Waals surface area contributed by atoms with E-state index in [1.165, 1.54) is 14.2 Å². The number of carbonyl (C=O) groups excluding carboxylic acids is 2. The molecule has 1 rings (SSSR count).